The van der Waals surface area contributed by atoms with Crippen molar-refractivity contribution in [2.75, 3.05) is 13.7 Å². The van der Waals surface area contributed by atoms with E-state index in [9.17, 15) is 4.39 Å². The van der Waals surface area contributed by atoms with Crippen LogP contribution in [0, 0.1) is 11.7 Å². The fraction of sp³-hybridized carbons (Fsp3) is 0.625. The lowest BCUT2D eigenvalue weighted by Crippen LogP contribution is -2.44. The van der Waals surface area contributed by atoms with Gasteiger partial charge in [0.2, 0.25) is 0 Å². The van der Waals surface area contributed by atoms with Crippen LogP contribution in [0.25, 0.3) is 0 Å². The third-order valence-corrected chi connectivity index (χ3v) is 4.25. The Morgan fingerprint density at radius 3 is 2.70 bits per heavy atom. The third-order valence-electron chi connectivity index (χ3n) is 3.79. The number of nitrogens with one attached hydrogen (secondary N) is 1. The van der Waals surface area contributed by atoms with E-state index in [1.54, 1.807) is 13.2 Å². The molecule has 2 nitrogen and oxygen atoms in total. The molecule has 1 fully saturated rings. The number of rotatable bonds is 8. The van der Waals surface area contributed by atoms with Crippen molar-refractivity contribution < 1.29 is 9.13 Å². The van der Waals surface area contributed by atoms with Gasteiger partial charge in [0.1, 0.15) is 5.82 Å². The van der Waals surface area contributed by atoms with Gasteiger partial charge in [-0.15, -0.1) is 0 Å². The average molecular weight is 344 g/mol. The lowest BCUT2D eigenvalue weighted by Gasteiger charge is -2.27. The zero-order chi connectivity index (χ0) is 14.5. The largest absolute Gasteiger partial charge is 0.380 e. The molecule has 1 aromatic carbocycles. The summed E-state index contributed by atoms with van der Waals surface area (Å²) >= 11 is 3.36. The minimum Gasteiger partial charge on any atom is -0.380 e. The molecule has 1 saturated carbocycles. The van der Waals surface area contributed by atoms with Crippen molar-refractivity contribution in [3.8, 4) is 0 Å². The van der Waals surface area contributed by atoms with Gasteiger partial charge in [-0.25, -0.2) is 4.39 Å². The van der Waals surface area contributed by atoms with Gasteiger partial charge in [-0.2, -0.15) is 0 Å². The number of methoxy groups -OCH3 is 1. The summed E-state index contributed by atoms with van der Waals surface area (Å²) in [6.45, 7) is 3.12. The maximum Gasteiger partial charge on any atom is 0.124 e. The molecule has 0 radical (unpaired) electrons. The van der Waals surface area contributed by atoms with Gasteiger partial charge in [0.05, 0.1) is 6.10 Å². The Balaban J connectivity index is 2.09. The van der Waals surface area contributed by atoms with Crippen molar-refractivity contribution in [1.29, 1.82) is 0 Å². The Morgan fingerprint density at radius 1 is 1.40 bits per heavy atom. The normalized spacial score (nSPS) is 18.0. The Morgan fingerprint density at radius 2 is 2.15 bits per heavy atom. The van der Waals surface area contributed by atoms with E-state index in [0.29, 0.717) is 5.92 Å². The summed E-state index contributed by atoms with van der Waals surface area (Å²) in [7, 11) is 1.78. The molecule has 0 aromatic heterocycles. The van der Waals surface area contributed by atoms with Crippen molar-refractivity contribution in [3.63, 3.8) is 0 Å². The lowest BCUT2D eigenvalue weighted by atomic mass is 9.98. The second-order valence-electron chi connectivity index (χ2n) is 5.58. The summed E-state index contributed by atoms with van der Waals surface area (Å²) in [6, 6.07) is 5.35. The minimum atomic E-state index is -0.191. The van der Waals surface area contributed by atoms with Crippen molar-refractivity contribution in [1.82, 2.24) is 5.32 Å². The molecule has 0 spiro atoms. The maximum atomic E-state index is 13.5. The standard InChI is InChI=1S/C16H23BrFNO/c1-3-6-19-15(16(20-2)12-4-5-12)9-11-7-13(17)10-14(18)8-11/h7-8,10,12,15-16,19H,3-6,9H2,1-2H3. The summed E-state index contributed by atoms with van der Waals surface area (Å²) in [5, 5.41) is 3.57. The highest BCUT2D eigenvalue weighted by atomic mass is 79.9. The van der Waals surface area contributed by atoms with E-state index in [4.69, 9.17) is 4.74 Å². The molecular formula is C16H23BrFNO. The molecule has 0 amide bonds. The van der Waals surface area contributed by atoms with Crippen molar-refractivity contribution >= 4 is 15.9 Å². The molecule has 1 aliphatic carbocycles. The quantitative estimate of drug-likeness (QED) is 0.772. The lowest BCUT2D eigenvalue weighted by molar-refractivity contribution is 0.0511. The topological polar surface area (TPSA) is 21.3 Å². The summed E-state index contributed by atoms with van der Waals surface area (Å²) in [5.74, 6) is 0.468. The summed E-state index contributed by atoms with van der Waals surface area (Å²) < 4.78 is 20.0. The van der Waals surface area contributed by atoms with Gasteiger partial charge in [-0.3, -0.25) is 0 Å². The van der Waals surface area contributed by atoms with Crippen LogP contribution in [0.5, 0.6) is 0 Å². The molecule has 2 rings (SSSR count). The molecule has 4 heteroatoms. The van der Waals surface area contributed by atoms with E-state index in [1.807, 2.05) is 6.07 Å². The Hall–Kier alpha value is -0.450. The number of hydrogen-bond acceptors (Lipinski definition) is 2. The van der Waals surface area contributed by atoms with Crippen molar-refractivity contribution in [2.45, 2.75) is 44.8 Å². The van der Waals surface area contributed by atoms with Gasteiger partial charge in [0, 0.05) is 17.6 Å². The Labute approximate surface area is 129 Å². The second-order valence-corrected chi connectivity index (χ2v) is 6.50. The Kier molecular flexibility index (Phi) is 6.00. The summed E-state index contributed by atoms with van der Waals surface area (Å²) in [4.78, 5) is 0. The highest BCUT2D eigenvalue weighted by molar-refractivity contribution is 9.10. The van der Waals surface area contributed by atoms with E-state index in [0.717, 1.165) is 29.4 Å². The second kappa shape index (κ2) is 7.53. The zero-order valence-electron chi connectivity index (χ0n) is 12.2. The molecule has 0 bridgehead atoms. The summed E-state index contributed by atoms with van der Waals surface area (Å²) in [6.07, 6.45) is 4.60. The minimum absolute atomic E-state index is 0.191. The molecule has 1 aromatic rings. The van der Waals surface area contributed by atoms with Gasteiger partial charge in [-0.1, -0.05) is 22.9 Å². The molecule has 0 heterocycles. The fourth-order valence-corrected chi connectivity index (χ4v) is 3.24. The van der Waals surface area contributed by atoms with Gasteiger partial charge >= 0.3 is 0 Å². The molecular weight excluding hydrogens is 321 g/mol. The first kappa shape index (κ1) is 15.9. The average Bonchev–Trinajstić information content (AvgIpc) is 3.20. The Bertz CT molecular complexity index is 416. The van der Waals surface area contributed by atoms with Gasteiger partial charge in [-0.05, 0) is 61.9 Å². The van der Waals surface area contributed by atoms with Crippen LogP contribution in [0.2, 0.25) is 0 Å². The van der Waals surface area contributed by atoms with Crippen LogP contribution in [-0.4, -0.2) is 25.8 Å². The van der Waals surface area contributed by atoms with Crippen LogP contribution < -0.4 is 5.32 Å². The van der Waals surface area contributed by atoms with E-state index >= 15 is 0 Å². The molecule has 1 N–H and O–H groups in total. The predicted molar refractivity (Wildman–Crippen MR) is 83.4 cm³/mol. The van der Waals surface area contributed by atoms with E-state index in [1.165, 1.54) is 18.9 Å². The van der Waals surface area contributed by atoms with Crippen LogP contribution in [0.15, 0.2) is 22.7 Å². The van der Waals surface area contributed by atoms with E-state index in [2.05, 4.69) is 28.2 Å². The van der Waals surface area contributed by atoms with E-state index < -0.39 is 0 Å². The number of ether oxygens (including phenoxy) is 1. The van der Waals surface area contributed by atoms with Crippen LogP contribution in [0.4, 0.5) is 4.39 Å². The molecule has 20 heavy (non-hydrogen) atoms. The van der Waals surface area contributed by atoms with Crippen molar-refractivity contribution in [3.05, 3.63) is 34.1 Å². The van der Waals surface area contributed by atoms with Crippen molar-refractivity contribution in [2.24, 2.45) is 5.92 Å². The monoisotopic (exact) mass is 343 g/mol. The SMILES string of the molecule is CCCNC(Cc1cc(F)cc(Br)c1)C(OC)C1CC1. The maximum absolute atomic E-state index is 13.5. The fourth-order valence-electron chi connectivity index (χ4n) is 2.73. The van der Waals surface area contributed by atoms with Gasteiger partial charge < -0.3 is 10.1 Å². The summed E-state index contributed by atoms with van der Waals surface area (Å²) in [5.41, 5.74) is 1.01. The third kappa shape index (κ3) is 4.54. The van der Waals surface area contributed by atoms with Crippen LogP contribution in [0.3, 0.4) is 0 Å². The molecule has 2 atom stereocenters. The predicted octanol–water partition coefficient (Wildman–Crippen LogP) is 3.92. The van der Waals surface area contributed by atoms with Gasteiger partial charge in [0.15, 0.2) is 0 Å². The molecule has 0 saturated heterocycles. The highest BCUT2D eigenvalue weighted by Gasteiger charge is 2.36. The molecule has 0 aliphatic heterocycles. The molecule has 112 valence electrons. The zero-order valence-corrected chi connectivity index (χ0v) is 13.7. The number of halogens is 2. The smallest absolute Gasteiger partial charge is 0.124 e. The first-order chi connectivity index (χ1) is 9.63. The first-order valence-electron chi connectivity index (χ1n) is 7.35. The van der Waals surface area contributed by atoms with E-state index in [-0.39, 0.29) is 18.0 Å². The van der Waals surface area contributed by atoms with Crippen LogP contribution in [0.1, 0.15) is 31.7 Å². The first-order valence-corrected chi connectivity index (χ1v) is 8.14. The van der Waals surface area contributed by atoms with Gasteiger partial charge in [0.25, 0.3) is 0 Å². The highest BCUT2D eigenvalue weighted by Crippen LogP contribution is 2.36. The molecule has 1 aliphatic rings. The molecule has 2 unspecified atom stereocenters. The number of hydrogen-bond donors (Lipinski definition) is 1. The van der Waals surface area contributed by atoms with Crippen LogP contribution >= 0.6 is 15.9 Å². The number of benzene rings is 1. The van der Waals surface area contributed by atoms with Crippen LogP contribution in [-0.2, 0) is 11.2 Å².